The summed E-state index contributed by atoms with van der Waals surface area (Å²) >= 11 is 0. The molecule has 2 aromatic carbocycles. The van der Waals surface area contributed by atoms with Gasteiger partial charge in [-0.1, -0.05) is 12.1 Å². The Morgan fingerprint density at radius 3 is 2.91 bits per heavy atom. The van der Waals surface area contributed by atoms with Crippen LogP contribution in [0.25, 0.3) is 10.9 Å². The van der Waals surface area contributed by atoms with Crippen molar-refractivity contribution in [3.63, 3.8) is 0 Å². The zero-order valence-corrected chi connectivity index (χ0v) is 12.5. The summed E-state index contributed by atoms with van der Waals surface area (Å²) < 4.78 is 15.6. The number of rotatable bonds is 2. The van der Waals surface area contributed by atoms with E-state index in [-0.39, 0.29) is 11.6 Å². The van der Waals surface area contributed by atoms with Gasteiger partial charge < -0.3 is 9.67 Å². The molecule has 3 aromatic rings. The molecule has 1 heterocycles. The fourth-order valence-corrected chi connectivity index (χ4v) is 3.64. The predicted octanol–water partition coefficient (Wildman–Crippen LogP) is 3.89. The van der Waals surface area contributed by atoms with Gasteiger partial charge in [0.25, 0.3) is 0 Å². The lowest BCUT2D eigenvalue weighted by atomic mass is 10.1. The summed E-state index contributed by atoms with van der Waals surface area (Å²) in [5.74, 6) is -0.291. The largest absolute Gasteiger partial charge is 0.508 e. The second-order valence-electron chi connectivity index (χ2n) is 5.95. The van der Waals surface area contributed by atoms with Crippen molar-refractivity contribution >= 4 is 10.9 Å². The number of halogens is 1. The summed E-state index contributed by atoms with van der Waals surface area (Å²) in [5, 5.41) is 20.6. The van der Waals surface area contributed by atoms with Gasteiger partial charge in [0, 0.05) is 16.6 Å². The molecule has 1 aromatic heterocycles. The van der Waals surface area contributed by atoms with E-state index < -0.39 is 0 Å². The van der Waals surface area contributed by atoms with E-state index in [0.717, 1.165) is 30.2 Å². The monoisotopic (exact) mass is 306 g/mol. The molecule has 0 saturated carbocycles. The highest BCUT2D eigenvalue weighted by molar-refractivity contribution is 5.90. The number of nitrogens with zero attached hydrogens (tertiary/aromatic N) is 2. The third-order valence-corrected chi connectivity index (χ3v) is 4.64. The molecule has 1 aliphatic carbocycles. The summed E-state index contributed by atoms with van der Waals surface area (Å²) in [5.41, 5.74) is 4.53. The van der Waals surface area contributed by atoms with E-state index in [2.05, 4.69) is 10.6 Å². The summed E-state index contributed by atoms with van der Waals surface area (Å²) in [6.45, 7) is 0.369. The van der Waals surface area contributed by atoms with Crippen LogP contribution in [0.3, 0.4) is 0 Å². The number of para-hydroxylation sites is 1. The first-order valence-corrected chi connectivity index (χ1v) is 7.69. The van der Waals surface area contributed by atoms with Gasteiger partial charge in [0.1, 0.15) is 17.6 Å². The van der Waals surface area contributed by atoms with Crippen LogP contribution in [0.15, 0.2) is 36.4 Å². The maximum atomic E-state index is 13.5. The Morgan fingerprint density at radius 2 is 2.09 bits per heavy atom. The Hall–Kier alpha value is -2.80. The third kappa shape index (κ3) is 2.08. The van der Waals surface area contributed by atoms with Crippen LogP contribution < -0.4 is 0 Å². The van der Waals surface area contributed by atoms with Crippen molar-refractivity contribution in [3.8, 4) is 11.8 Å². The number of hydrogen-bond donors (Lipinski definition) is 1. The molecule has 23 heavy (non-hydrogen) atoms. The highest BCUT2D eigenvalue weighted by Gasteiger charge is 2.23. The van der Waals surface area contributed by atoms with Crippen LogP contribution in [0.2, 0.25) is 0 Å². The molecule has 114 valence electrons. The first-order valence-electron chi connectivity index (χ1n) is 7.69. The minimum Gasteiger partial charge on any atom is -0.508 e. The Labute approximate surface area is 133 Å². The smallest absolute Gasteiger partial charge is 0.123 e. The van der Waals surface area contributed by atoms with Gasteiger partial charge in [-0.25, -0.2) is 4.39 Å². The number of aromatic hydroxyl groups is 1. The van der Waals surface area contributed by atoms with Gasteiger partial charge in [0.2, 0.25) is 0 Å². The van der Waals surface area contributed by atoms with Crippen LogP contribution in [-0.4, -0.2) is 9.67 Å². The van der Waals surface area contributed by atoms with Crippen LogP contribution in [0, 0.1) is 17.1 Å². The number of nitriles is 1. The van der Waals surface area contributed by atoms with Gasteiger partial charge in [-0.3, -0.25) is 0 Å². The number of hydrogen-bond acceptors (Lipinski definition) is 2. The molecule has 0 fully saturated rings. The van der Waals surface area contributed by atoms with E-state index in [0.29, 0.717) is 17.7 Å². The van der Waals surface area contributed by atoms with E-state index in [1.165, 1.54) is 29.5 Å². The minimum absolute atomic E-state index is 0.0782. The van der Waals surface area contributed by atoms with Crippen LogP contribution >= 0.6 is 0 Å². The summed E-state index contributed by atoms with van der Waals surface area (Å²) in [4.78, 5) is 0. The molecule has 0 saturated heterocycles. The SMILES string of the molecule is N#Cc1cccc2c3c(n(Cc4cc(F)ccc4O)c12)CCC3. The summed E-state index contributed by atoms with van der Waals surface area (Å²) in [6, 6.07) is 12.0. The van der Waals surface area contributed by atoms with Gasteiger partial charge >= 0.3 is 0 Å². The first kappa shape index (κ1) is 13.8. The van der Waals surface area contributed by atoms with Crippen molar-refractivity contribution in [2.45, 2.75) is 25.8 Å². The molecule has 0 amide bonds. The van der Waals surface area contributed by atoms with E-state index in [9.17, 15) is 14.8 Å². The van der Waals surface area contributed by atoms with Crippen LogP contribution in [0.5, 0.6) is 5.75 Å². The number of aryl methyl sites for hydroxylation is 1. The van der Waals surface area contributed by atoms with Gasteiger partial charge in [-0.2, -0.15) is 5.26 Å². The van der Waals surface area contributed by atoms with Gasteiger partial charge in [-0.05, 0) is 49.1 Å². The van der Waals surface area contributed by atoms with Gasteiger partial charge in [-0.15, -0.1) is 0 Å². The maximum Gasteiger partial charge on any atom is 0.123 e. The maximum absolute atomic E-state index is 13.5. The van der Waals surface area contributed by atoms with Crippen LogP contribution in [-0.2, 0) is 19.4 Å². The van der Waals surface area contributed by atoms with Crippen molar-refractivity contribution < 1.29 is 9.50 Å². The van der Waals surface area contributed by atoms with E-state index in [1.807, 2.05) is 12.1 Å². The molecule has 0 spiro atoms. The van der Waals surface area contributed by atoms with Crippen LogP contribution in [0.4, 0.5) is 4.39 Å². The molecule has 1 aliphatic rings. The van der Waals surface area contributed by atoms with Gasteiger partial charge in [0.15, 0.2) is 0 Å². The molecule has 0 radical (unpaired) electrons. The van der Waals surface area contributed by atoms with Crippen molar-refractivity contribution in [1.82, 2.24) is 4.57 Å². The average molecular weight is 306 g/mol. The topological polar surface area (TPSA) is 49.0 Å². The predicted molar refractivity (Wildman–Crippen MR) is 85.8 cm³/mol. The third-order valence-electron chi connectivity index (χ3n) is 4.64. The molecule has 0 bridgehead atoms. The van der Waals surface area contributed by atoms with Crippen LogP contribution in [0.1, 0.15) is 28.8 Å². The summed E-state index contributed by atoms with van der Waals surface area (Å²) in [7, 11) is 0. The number of fused-ring (bicyclic) bond motifs is 3. The molecule has 4 heteroatoms. The average Bonchev–Trinajstić information content (AvgIpc) is 3.13. The lowest BCUT2D eigenvalue weighted by Crippen LogP contribution is -2.05. The first-order chi connectivity index (χ1) is 11.2. The fourth-order valence-electron chi connectivity index (χ4n) is 3.64. The highest BCUT2D eigenvalue weighted by Crippen LogP contribution is 2.36. The molecule has 1 N–H and O–H groups in total. The normalized spacial score (nSPS) is 13.2. The molecule has 4 rings (SSSR count). The zero-order valence-electron chi connectivity index (χ0n) is 12.5. The summed E-state index contributed by atoms with van der Waals surface area (Å²) in [6.07, 6.45) is 3.04. The quantitative estimate of drug-likeness (QED) is 0.780. The van der Waals surface area contributed by atoms with Crippen molar-refractivity contribution in [1.29, 1.82) is 5.26 Å². The lowest BCUT2D eigenvalue weighted by Gasteiger charge is -2.12. The van der Waals surface area contributed by atoms with E-state index in [1.54, 1.807) is 6.07 Å². The fraction of sp³-hybridized carbons (Fsp3) is 0.211. The lowest BCUT2D eigenvalue weighted by molar-refractivity contribution is 0.463. The Morgan fingerprint density at radius 1 is 1.22 bits per heavy atom. The number of aromatic nitrogens is 1. The molecule has 0 atom stereocenters. The molecule has 0 unspecified atom stereocenters. The van der Waals surface area contributed by atoms with Crippen molar-refractivity contribution in [2.75, 3.05) is 0 Å². The number of phenolic OH excluding ortho intramolecular Hbond substituents is 1. The van der Waals surface area contributed by atoms with E-state index >= 15 is 0 Å². The second kappa shape index (κ2) is 5.13. The zero-order chi connectivity index (χ0) is 16.0. The highest BCUT2D eigenvalue weighted by atomic mass is 19.1. The number of benzene rings is 2. The molecular formula is C19H15FN2O. The Kier molecular flexibility index (Phi) is 3.09. The molecule has 0 aliphatic heterocycles. The van der Waals surface area contributed by atoms with Crippen molar-refractivity contribution in [2.24, 2.45) is 0 Å². The number of phenols is 1. The second-order valence-corrected chi connectivity index (χ2v) is 5.95. The standard InChI is InChI=1S/C19H15FN2O/c20-14-7-8-18(23)13(9-14)11-22-17-6-2-4-15(17)16-5-1-3-12(10-21)19(16)22/h1,3,5,7-9,23H,2,4,6,11H2. The Bertz CT molecular complexity index is 966. The minimum atomic E-state index is -0.369. The van der Waals surface area contributed by atoms with Crippen molar-refractivity contribution in [3.05, 3.63) is 64.6 Å². The van der Waals surface area contributed by atoms with Gasteiger partial charge in [0.05, 0.1) is 17.6 Å². The molecular weight excluding hydrogens is 291 g/mol. The van der Waals surface area contributed by atoms with E-state index in [4.69, 9.17) is 0 Å². The molecule has 3 nitrogen and oxygen atoms in total. The Balaban J connectivity index is 1.96.